The summed E-state index contributed by atoms with van der Waals surface area (Å²) in [6.07, 6.45) is 1.33. The molecule has 1 aromatic carbocycles. The van der Waals surface area contributed by atoms with E-state index in [1.54, 1.807) is 12.3 Å². The molecule has 39 heavy (non-hydrogen) atoms. The summed E-state index contributed by atoms with van der Waals surface area (Å²) in [5.74, 6) is -1.90. The normalized spacial score (nSPS) is 12.9. The Balaban J connectivity index is 0.000000532. The fraction of sp³-hybridized carbons (Fsp3) is 0.250. The van der Waals surface area contributed by atoms with Crippen LogP contribution in [0.2, 0.25) is 0 Å². The third-order valence-electron chi connectivity index (χ3n) is 5.63. The van der Waals surface area contributed by atoms with Gasteiger partial charge in [0.25, 0.3) is 5.91 Å². The highest BCUT2D eigenvalue weighted by Crippen LogP contribution is 2.27. The molecule has 4 N–H and O–H groups in total. The lowest BCUT2D eigenvalue weighted by Gasteiger charge is -2.11. The van der Waals surface area contributed by atoms with Crippen molar-refractivity contribution in [3.05, 3.63) is 90.0 Å². The number of carbonyl (C=O) groups excluding carboxylic acids is 2. The van der Waals surface area contributed by atoms with Gasteiger partial charge >= 0.3 is 6.18 Å². The summed E-state index contributed by atoms with van der Waals surface area (Å²) < 4.78 is 32.5. The molecule has 2 aromatic heterocycles. The number of fused-ring (bicyclic) bond motifs is 1. The number of carbonyl (C=O) groups is 2. The van der Waals surface area contributed by atoms with E-state index < -0.39 is 11.9 Å². The standard InChI is InChI=1S/C25H27N5O2.C3H3F3O/c1-30(2)12-4-7-24(31)28-16-17-5-3-6-18(13-17)22-14-19(8-10-26-22)23-15-20-21(29-23)9-11-27-25(20)32;1-2(7)3(4,5)6/h3-8,10,13-15,29H,9,11-12,16H2,1-2H3,(H,27,32)(H,28,31);7H,1H2/b7-4+;. The van der Waals surface area contributed by atoms with Crippen LogP contribution < -0.4 is 10.6 Å². The van der Waals surface area contributed by atoms with Gasteiger partial charge in [0.15, 0.2) is 5.76 Å². The number of aromatic amines is 1. The smallest absolute Gasteiger partial charge is 0.448 e. The topological polar surface area (TPSA) is 110 Å². The van der Waals surface area contributed by atoms with E-state index in [2.05, 4.69) is 27.2 Å². The number of aromatic nitrogens is 2. The highest BCUT2D eigenvalue weighted by molar-refractivity contribution is 5.97. The number of hydrogen-bond donors (Lipinski definition) is 4. The number of H-pyrrole nitrogens is 1. The lowest BCUT2D eigenvalue weighted by atomic mass is 10.0. The van der Waals surface area contributed by atoms with Gasteiger partial charge in [-0.25, -0.2) is 0 Å². The van der Waals surface area contributed by atoms with Crippen molar-refractivity contribution in [1.82, 2.24) is 25.5 Å². The molecule has 8 nitrogen and oxygen atoms in total. The predicted octanol–water partition coefficient (Wildman–Crippen LogP) is 4.38. The van der Waals surface area contributed by atoms with Gasteiger partial charge < -0.3 is 25.6 Å². The van der Waals surface area contributed by atoms with Crippen LogP contribution in [0.15, 0.2) is 73.2 Å². The van der Waals surface area contributed by atoms with Crippen LogP contribution in [0.1, 0.15) is 21.6 Å². The largest absolute Gasteiger partial charge is 0.505 e. The van der Waals surface area contributed by atoms with E-state index in [9.17, 15) is 22.8 Å². The Morgan fingerprint density at radius 2 is 1.95 bits per heavy atom. The molecule has 3 heterocycles. The van der Waals surface area contributed by atoms with Crippen molar-refractivity contribution in [2.24, 2.45) is 0 Å². The van der Waals surface area contributed by atoms with Gasteiger partial charge in [-0.15, -0.1) is 0 Å². The van der Waals surface area contributed by atoms with E-state index >= 15 is 0 Å². The maximum Gasteiger partial charge on any atom is 0.448 e. The van der Waals surface area contributed by atoms with Crippen LogP contribution >= 0.6 is 0 Å². The lowest BCUT2D eigenvalue weighted by molar-refractivity contribution is -0.120. The number of pyridine rings is 1. The van der Waals surface area contributed by atoms with Crippen LogP contribution in [0.5, 0.6) is 0 Å². The van der Waals surface area contributed by atoms with Gasteiger partial charge in [-0.1, -0.05) is 30.9 Å². The van der Waals surface area contributed by atoms with Crippen LogP contribution in [0.3, 0.4) is 0 Å². The summed E-state index contributed by atoms with van der Waals surface area (Å²) in [7, 11) is 3.91. The Bertz CT molecular complexity index is 1360. The third kappa shape index (κ3) is 8.57. The van der Waals surface area contributed by atoms with E-state index in [4.69, 9.17) is 5.11 Å². The number of nitrogens with zero attached hydrogens (tertiary/aromatic N) is 2. The van der Waals surface area contributed by atoms with Crippen molar-refractivity contribution in [1.29, 1.82) is 0 Å². The van der Waals surface area contributed by atoms with E-state index in [0.717, 1.165) is 46.7 Å². The van der Waals surface area contributed by atoms with Crippen LogP contribution in [0.25, 0.3) is 22.5 Å². The average molecular weight is 542 g/mol. The van der Waals surface area contributed by atoms with Gasteiger partial charge in [-0.3, -0.25) is 14.6 Å². The molecule has 0 radical (unpaired) electrons. The number of hydrogen-bond acceptors (Lipinski definition) is 5. The number of likely N-dealkylation sites (N-methyl/N-ethyl adjacent to an activating group) is 1. The first-order valence-corrected chi connectivity index (χ1v) is 12.0. The number of benzene rings is 1. The zero-order valence-corrected chi connectivity index (χ0v) is 21.6. The molecule has 0 saturated carbocycles. The Kier molecular flexibility index (Phi) is 9.67. The molecule has 0 fully saturated rings. The molecule has 0 spiro atoms. The molecular weight excluding hydrogens is 511 g/mol. The first-order chi connectivity index (χ1) is 18.4. The summed E-state index contributed by atoms with van der Waals surface area (Å²) in [6.45, 7) is 4.08. The molecule has 4 rings (SSSR count). The van der Waals surface area contributed by atoms with Gasteiger partial charge in [0.05, 0.1) is 11.3 Å². The molecule has 2 amide bonds. The monoisotopic (exact) mass is 541 g/mol. The second-order valence-corrected chi connectivity index (χ2v) is 9.04. The van der Waals surface area contributed by atoms with Gasteiger partial charge in [0.1, 0.15) is 0 Å². The molecule has 0 aliphatic carbocycles. The van der Waals surface area contributed by atoms with Crippen molar-refractivity contribution in [3.8, 4) is 22.5 Å². The first kappa shape index (κ1) is 29.2. The van der Waals surface area contributed by atoms with Crippen LogP contribution in [0, 0.1) is 0 Å². The first-order valence-electron chi connectivity index (χ1n) is 12.0. The number of alkyl halides is 3. The molecule has 1 aliphatic heterocycles. The van der Waals surface area contributed by atoms with Crippen LogP contribution in [-0.4, -0.2) is 65.1 Å². The number of aliphatic hydroxyl groups excluding tert-OH is 1. The molecule has 0 atom stereocenters. The number of nitrogens with one attached hydrogen (secondary N) is 3. The van der Waals surface area contributed by atoms with Crippen molar-refractivity contribution in [3.63, 3.8) is 0 Å². The zero-order valence-electron chi connectivity index (χ0n) is 21.6. The third-order valence-corrected chi connectivity index (χ3v) is 5.63. The quantitative estimate of drug-likeness (QED) is 0.262. The molecule has 3 aromatic rings. The van der Waals surface area contributed by atoms with Gasteiger partial charge in [-0.2, -0.15) is 13.2 Å². The van der Waals surface area contributed by atoms with Crippen molar-refractivity contribution >= 4 is 11.8 Å². The second-order valence-electron chi connectivity index (χ2n) is 9.04. The summed E-state index contributed by atoms with van der Waals surface area (Å²) in [5.41, 5.74) is 6.36. The molecule has 0 unspecified atom stereocenters. The van der Waals surface area contributed by atoms with Gasteiger partial charge in [-0.05, 0) is 43.9 Å². The second kappa shape index (κ2) is 12.9. The molecular formula is C28H30F3N5O3. The summed E-state index contributed by atoms with van der Waals surface area (Å²) in [5, 5.41) is 13.4. The predicted molar refractivity (Wildman–Crippen MR) is 143 cm³/mol. The Hall–Kier alpha value is -4.38. The Morgan fingerprint density at radius 1 is 1.21 bits per heavy atom. The maximum atomic E-state index is 12.1. The fourth-order valence-electron chi connectivity index (χ4n) is 3.66. The summed E-state index contributed by atoms with van der Waals surface area (Å²) >= 11 is 0. The average Bonchev–Trinajstić information content (AvgIpc) is 3.33. The van der Waals surface area contributed by atoms with Crippen LogP contribution in [-0.2, 0) is 17.8 Å². The van der Waals surface area contributed by atoms with E-state index in [1.807, 2.05) is 67.5 Å². The van der Waals surface area contributed by atoms with Gasteiger partial charge in [0.2, 0.25) is 5.91 Å². The Labute approximate surface area is 224 Å². The summed E-state index contributed by atoms with van der Waals surface area (Å²) in [6, 6.07) is 13.8. The number of rotatable bonds is 7. The number of aliphatic hydroxyl groups is 1. The maximum absolute atomic E-state index is 12.1. The molecule has 0 saturated heterocycles. The van der Waals surface area contributed by atoms with Crippen molar-refractivity contribution in [2.75, 3.05) is 27.2 Å². The SMILES string of the molecule is C=C(O)C(F)(F)F.CN(C)C/C=C/C(=O)NCc1cccc(-c2cc(-c3cc4c([nH]3)CCNC4=O)ccn2)c1. The number of amides is 2. The van der Waals surface area contributed by atoms with Crippen molar-refractivity contribution in [2.45, 2.75) is 19.1 Å². The molecule has 0 bridgehead atoms. The van der Waals surface area contributed by atoms with E-state index in [0.29, 0.717) is 18.7 Å². The minimum atomic E-state index is -4.64. The van der Waals surface area contributed by atoms with Crippen molar-refractivity contribution < 1.29 is 27.9 Å². The lowest BCUT2D eigenvalue weighted by Crippen LogP contribution is -2.31. The zero-order chi connectivity index (χ0) is 28.6. The molecule has 1 aliphatic rings. The minimum absolute atomic E-state index is 0.0330. The minimum Gasteiger partial charge on any atom is -0.505 e. The van der Waals surface area contributed by atoms with E-state index in [1.165, 1.54) is 0 Å². The fourth-order valence-corrected chi connectivity index (χ4v) is 3.66. The highest BCUT2D eigenvalue weighted by Gasteiger charge is 2.31. The number of halogens is 3. The summed E-state index contributed by atoms with van der Waals surface area (Å²) in [4.78, 5) is 34.0. The number of allylic oxidation sites excluding steroid dienone is 1. The molecule has 11 heteroatoms. The highest BCUT2D eigenvalue weighted by atomic mass is 19.4. The van der Waals surface area contributed by atoms with E-state index in [-0.39, 0.29) is 11.8 Å². The Morgan fingerprint density at radius 3 is 2.62 bits per heavy atom. The van der Waals surface area contributed by atoms with Gasteiger partial charge in [0, 0.05) is 60.8 Å². The molecule has 206 valence electrons. The van der Waals surface area contributed by atoms with Crippen LogP contribution in [0.4, 0.5) is 13.2 Å².